The Morgan fingerprint density at radius 2 is 2.06 bits per heavy atom. The number of aromatic nitrogens is 2. The van der Waals surface area contributed by atoms with Crippen molar-refractivity contribution in [3.05, 3.63) is 17.7 Å². The van der Waals surface area contributed by atoms with Gasteiger partial charge in [0.1, 0.15) is 0 Å². The fourth-order valence-electron chi connectivity index (χ4n) is 3.07. The Labute approximate surface area is 103 Å². The fourth-order valence-corrected chi connectivity index (χ4v) is 3.49. The van der Waals surface area contributed by atoms with Crippen molar-refractivity contribution in [2.24, 2.45) is 5.41 Å². The van der Waals surface area contributed by atoms with Gasteiger partial charge in [0.25, 0.3) is 0 Å². The molecule has 0 saturated heterocycles. The van der Waals surface area contributed by atoms with Crippen molar-refractivity contribution in [3.63, 3.8) is 0 Å². The van der Waals surface area contributed by atoms with E-state index in [4.69, 9.17) is 0 Å². The molecule has 88 valence electrons. The number of thiol groups is 1. The third-order valence-corrected chi connectivity index (χ3v) is 5.04. The first-order chi connectivity index (χ1) is 7.83. The lowest BCUT2D eigenvalue weighted by atomic mass is 9.70. The second-order valence-electron chi connectivity index (χ2n) is 5.48. The molecule has 2 aliphatic rings. The molecule has 1 fully saturated rings. The van der Waals surface area contributed by atoms with Crippen molar-refractivity contribution in [2.45, 2.75) is 51.5 Å². The number of nitrogens with zero attached hydrogens (tertiary/aromatic N) is 2. The first-order valence-corrected chi connectivity index (χ1v) is 7.10. The predicted molar refractivity (Wildman–Crippen MR) is 69.0 cm³/mol. The monoisotopic (exact) mass is 236 g/mol. The SMILES string of the molecule is SCC1(Cn2cnc3c2CCCC3)CCC1. The largest absolute Gasteiger partial charge is 0.334 e. The highest BCUT2D eigenvalue weighted by atomic mass is 32.1. The fraction of sp³-hybridized carbons (Fsp3) is 0.769. The number of rotatable bonds is 3. The summed E-state index contributed by atoms with van der Waals surface area (Å²) in [5.41, 5.74) is 3.36. The van der Waals surface area contributed by atoms with E-state index in [0.717, 1.165) is 12.3 Å². The first kappa shape index (κ1) is 10.7. The minimum Gasteiger partial charge on any atom is -0.334 e. The molecule has 1 aromatic rings. The van der Waals surface area contributed by atoms with Gasteiger partial charge in [-0.25, -0.2) is 4.98 Å². The summed E-state index contributed by atoms with van der Waals surface area (Å²) < 4.78 is 2.42. The summed E-state index contributed by atoms with van der Waals surface area (Å²) in [4.78, 5) is 4.57. The second-order valence-corrected chi connectivity index (χ2v) is 5.80. The lowest BCUT2D eigenvalue weighted by Gasteiger charge is -2.41. The summed E-state index contributed by atoms with van der Waals surface area (Å²) in [5, 5.41) is 0. The van der Waals surface area contributed by atoms with Crippen molar-refractivity contribution in [1.82, 2.24) is 9.55 Å². The summed E-state index contributed by atoms with van der Waals surface area (Å²) in [5.74, 6) is 1.03. The van der Waals surface area contributed by atoms with Crippen LogP contribution in [-0.4, -0.2) is 15.3 Å². The van der Waals surface area contributed by atoms with E-state index in [1.165, 1.54) is 56.3 Å². The molecule has 0 amide bonds. The summed E-state index contributed by atoms with van der Waals surface area (Å²) in [6.45, 7) is 1.15. The van der Waals surface area contributed by atoms with Gasteiger partial charge in [-0.2, -0.15) is 12.6 Å². The molecule has 1 heterocycles. The summed E-state index contributed by atoms with van der Waals surface area (Å²) in [7, 11) is 0. The van der Waals surface area contributed by atoms with Crippen LogP contribution in [0.25, 0.3) is 0 Å². The number of fused-ring (bicyclic) bond motifs is 1. The van der Waals surface area contributed by atoms with Gasteiger partial charge in [0.15, 0.2) is 0 Å². The molecule has 0 aromatic carbocycles. The smallest absolute Gasteiger partial charge is 0.0951 e. The molecule has 3 heteroatoms. The van der Waals surface area contributed by atoms with Crippen molar-refractivity contribution in [3.8, 4) is 0 Å². The highest BCUT2D eigenvalue weighted by Crippen LogP contribution is 2.43. The van der Waals surface area contributed by atoms with Crippen LogP contribution in [0.1, 0.15) is 43.5 Å². The Morgan fingerprint density at radius 1 is 1.25 bits per heavy atom. The molecule has 16 heavy (non-hydrogen) atoms. The highest BCUT2D eigenvalue weighted by molar-refractivity contribution is 7.80. The van der Waals surface area contributed by atoms with E-state index in [0.29, 0.717) is 5.41 Å². The van der Waals surface area contributed by atoms with Crippen LogP contribution in [0.4, 0.5) is 0 Å². The normalized spacial score (nSPS) is 22.6. The molecular weight excluding hydrogens is 216 g/mol. The molecule has 0 atom stereocenters. The Bertz CT molecular complexity index is 374. The van der Waals surface area contributed by atoms with Gasteiger partial charge in [0, 0.05) is 12.2 Å². The van der Waals surface area contributed by atoms with E-state index < -0.39 is 0 Å². The first-order valence-electron chi connectivity index (χ1n) is 6.47. The van der Waals surface area contributed by atoms with Gasteiger partial charge >= 0.3 is 0 Å². The maximum absolute atomic E-state index is 4.57. The van der Waals surface area contributed by atoms with Gasteiger partial charge in [0.2, 0.25) is 0 Å². The van der Waals surface area contributed by atoms with E-state index in [9.17, 15) is 0 Å². The Balaban J connectivity index is 1.81. The Hall–Kier alpha value is -0.440. The third-order valence-electron chi connectivity index (χ3n) is 4.37. The average Bonchev–Trinajstić information content (AvgIpc) is 2.67. The van der Waals surface area contributed by atoms with Gasteiger partial charge in [-0.1, -0.05) is 6.42 Å². The zero-order valence-corrected chi connectivity index (χ0v) is 10.7. The molecule has 0 N–H and O–H groups in total. The van der Waals surface area contributed by atoms with Crippen LogP contribution in [0.2, 0.25) is 0 Å². The van der Waals surface area contributed by atoms with Crippen LogP contribution in [0, 0.1) is 5.41 Å². The van der Waals surface area contributed by atoms with Crippen molar-refractivity contribution >= 4 is 12.6 Å². The van der Waals surface area contributed by atoms with Crippen molar-refractivity contribution < 1.29 is 0 Å². The number of imidazole rings is 1. The lowest BCUT2D eigenvalue weighted by molar-refractivity contribution is 0.137. The predicted octanol–water partition coefficient (Wildman–Crippen LogP) is 2.86. The van der Waals surface area contributed by atoms with Gasteiger partial charge in [0.05, 0.1) is 12.0 Å². The number of aryl methyl sites for hydroxylation is 1. The van der Waals surface area contributed by atoms with E-state index in [1.807, 2.05) is 0 Å². The van der Waals surface area contributed by atoms with Gasteiger partial charge in [-0.3, -0.25) is 0 Å². The molecular formula is C13H20N2S. The average molecular weight is 236 g/mol. The maximum atomic E-state index is 4.57. The van der Waals surface area contributed by atoms with E-state index >= 15 is 0 Å². The van der Waals surface area contributed by atoms with Crippen molar-refractivity contribution in [2.75, 3.05) is 5.75 Å². The molecule has 1 saturated carbocycles. The molecule has 0 aliphatic heterocycles. The Morgan fingerprint density at radius 3 is 2.75 bits per heavy atom. The standard InChI is InChI=1S/C13H20N2S/c16-9-13(6-3-7-13)8-15-10-14-11-4-1-2-5-12(11)15/h10,16H,1-9H2. The summed E-state index contributed by atoms with van der Waals surface area (Å²) >= 11 is 4.54. The molecule has 2 nitrogen and oxygen atoms in total. The zero-order valence-electron chi connectivity index (χ0n) is 9.78. The lowest BCUT2D eigenvalue weighted by Crippen LogP contribution is -2.36. The zero-order chi connectivity index (χ0) is 11.0. The van der Waals surface area contributed by atoms with Gasteiger partial charge < -0.3 is 4.57 Å². The molecule has 0 radical (unpaired) electrons. The van der Waals surface area contributed by atoms with Crippen LogP contribution in [0.5, 0.6) is 0 Å². The van der Waals surface area contributed by atoms with Crippen molar-refractivity contribution in [1.29, 1.82) is 0 Å². The minimum absolute atomic E-state index is 0.481. The van der Waals surface area contributed by atoms with Crippen LogP contribution >= 0.6 is 12.6 Å². The minimum atomic E-state index is 0.481. The van der Waals surface area contributed by atoms with Gasteiger partial charge in [-0.15, -0.1) is 0 Å². The van der Waals surface area contributed by atoms with Crippen LogP contribution in [0.15, 0.2) is 6.33 Å². The van der Waals surface area contributed by atoms with Crippen LogP contribution in [0.3, 0.4) is 0 Å². The topological polar surface area (TPSA) is 17.8 Å². The summed E-state index contributed by atoms with van der Waals surface area (Å²) in [6.07, 6.45) is 11.2. The second kappa shape index (κ2) is 4.10. The maximum Gasteiger partial charge on any atom is 0.0951 e. The summed E-state index contributed by atoms with van der Waals surface area (Å²) in [6, 6.07) is 0. The molecule has 3 rings (SSSR count). The van der Waals surface area contributed by atoms with E-state index in [2.05, 4.69) is 28.5 Å². The highest BCUT2D eigenvalue weighted by Gasteiger charge is 2.36. The van der Waals surface area contributed by atoms with E-state index in [-0.39, 0.29) is 0 Å². The van der Waals surface area contributed by atoms with Gasteiger partial charge in [-0.05, 0) is 49.7 Å². The third kappa shape index (κ3) is 1.69. The van der Waals surface area contributed by atoms with Crippen LogP contribution in [-0.2, 0) is 19.4 Å². The molecule has 0 bridgehead atoms. The molecule has 0 unspecified atom stereocenters. The number of hydrogen-bond acceptors (Lipinski definition) is 2. The Kier molecular flexibility index (Phi) is 2.74. The molecule has 1 aromatic heterocycles. The van der Waals surface area contributed by atoms with Crippen LogP contribution < -0.4 is 0 Å². The van der Waals surface area contributed by atoms with E-state index in [1.54, 1.807) is 0 Å². The quantitative estimate of drug-likeness (QED) is 0.799. The number of hydrogen-bond donors (Lipinski definition) is 1. The molecule has 2 aliphatic carbocycles. The molecule has 0 spiro atoms.